The van der Waals surface area contributed by atoms with Crippen molar-refractivity contribution in [2.45, 2.75) is 34.8 Å². The molecular formula is C19H21N3O3S2. The zero-order valence-corrected chi connectivity index (χ0v) is 16.4. The number of hydrogen-bond acceptors (Lipinski definition) is 7. The van der Waals surface area contributed by atoms with E-state index in [1.54, 1.807) is 6.92 Å². The first-order valence-corrected chi connectivity index (χ1v) is 9.32. The number of hydrogen-bond donors (Lipinski definition) is 5. The van der Waals surface area contributed by atoms with Crippen molar-refractivity contribution in [1.82, 2.24) is 9.97 Å². The first-order chi connectivity index (χ1) is 12.9. The summed E-state index contributed by atoms with van der Waals surface area (Å²) in [6.07, 6.45) is 0. The van der Waals surface area contributed by atoms with Crippen LogP contribution in [0.25, 0.3) is 0 Å². The van der Waals surface area contributed by atoms with E-state index in [0.717, 1.165) is 20.9 Å². The lowest BCUT2D eigenvalue weighted by molar-refractivity contribution is 0.281. The van der Waals surface area contributed by atoms with Crippen LogP contribution in [0, 0.1) is 6.92 Å². The van der Waals surface area contributed by atoms with Gasteiger partial charge in [-0.25, -0.2) is 4.98 Å². The maximum Gasteiger partial charge on any atom is 0.266 e. The Morgan fingerprint density at radius 1 is 1.04 bits per heavy atom. The summed E-state index contributed by atoms with van der Waals surface area (Å²) in [6.45, 7) is 1.86. The van der Waals surface area contributed by atoms with Crippen molar-refractivity contribution in [2.24, 2.45) is 0 Å². The van der Waals surface area contributed by atoms with Crippen LogP contribution in [0.15, 0.2) is 68.0 Å². The molecule has 6 nitrogen and oxygen atoms in total. The first-order valence-electron chi connectivity index (χ1n) is 8.05. The van der Waals surface area contributed by atoms with Gasteiger partial charge in [0.05, 0.1) is 23.8 Å². The van der Waals surface area contributed by atoms with Crippen molar-refractivity contribution in [3.8, 4) is 0 Å². The molecule has 1 heterocycles. The predicted molar refractivity (Wildman–Crippen MR) is 110 cm³/mol. The second kappa shape index (κ2) is 10.2. The smallest absolute Gasteiger partial charge is 0.266 e. The number of nitrogens with two attached hydrogens (primary N) is 1. The number of nitrogens with one attached hydrogen (secondary N) is 1. The fraction of sp³-hybridized carbons (Fsp3) is 0.158. The van der Waals surface area contributed by atoms with Crippen LogP contribution in [0.4, 0.5) is 5.95 Å². The highest BCUT2D eigenvalue weighted by atomic mass is 32.2. The SMILES string of the molecule is Cc1nc(N)[nH]c(=O)c1Sc1ccc(CO)cc1.OCc1ccc(S)cc1. The molecule has 142 valence electrons. The minimum Gasteiger partial charge on any atom is -0.392 e. The maximum absolute atomic E-state index is 11.8. The summed E-state index contributed by atoms with van der Waals surface area (Å²) in [4.78, 5) is 20.6. The van der Waals surface area contributed by atoms with Gasteiger partial charge in [-0.1, -0.05) is 36.0 Å². The van der Waals surface area contributed by atoms with Crippen molar-refractivity contribution >= 4 is 30.3 Å². The fourth-order valence-electron chi connectivity index (χ4n) is 2.10. The highest BCUT2D eigenvalue weighted by molar-refractivity contribution is 7.99. The van der Waals surface area contributed by atoms with Gasteiger partial charge in [-0.3, -0.25) is 9.78 Å². The predicted octanol–water partition coefficient (Wildman–Crippen LogP) is 2.77. The quantitative estimate of drug-likeness (QED) is 0.428. The molecule has 0 amide bonds. The summed E-state index contributed by atoms with van der Waals surface area (Å²) < 4.78 is 0. The van der Waals surface area contributed by atoms with Crippen molar-refractivity contribution in [2.75, 3.05) is 5.73 Å². The van der Waals surface area contributed by atoms with E-state index in [1.165, 1.54) is 11.8 Å². The Hall–Kier alpha value is -2.26. The normalized spacial score (nSPS) is 10.2. The lowest BCUT2D eigenvalue weighted by atomic mass is 10.2. The maximum atomic E-state index is 11.8. The summed E-state index contributed by atoms with van der Waals surface area (Å²) in [5, 5.41) is 17.6. The van der Waals surface area contributed by atoms with E-state index in [4.69, 9.17) is 15.9 Å². The molecule has 0 saturated carbocycles. The highest BCUT2D eigenvalue weighted by Gasteiger charge is 2.08. The molecule has 3 aromatic rings. The zero-order valence-electron chi connectivity index (χ0n) is 14.7. The lowest BCUT2D eigenvalue weighted by Crippen LogP contribution is -2.14. The highest BCUT2D eigenvalue weighted by Crippen LogP contribution is 2.26. The van der Waals surface area contributed by atoms with Crippen molar-refractivity contribution in [1.29, 1.82) is 0 Å². The van der Waals surface area contributed by atoms with Crippen LogP contribution >= 0.6 is 24.4 Å². The fourth-order valence-corrected chi connectivity index (χ4v) is 3.09. The number of aliphatic hydroxyl groups excluding tert-OH is 2. The van der Waals surface area contributed by atoms with E-state index >= 15 is 0 Å². The van der Waals surface area contributed by atoms with E-state index in [9.17, 15) is 4.79 Å². The first kappa shape index (κ1) is 21.0. The Labute approximate surface area is 166 Å². The Balaban J connectivity index is 0.000000244. The van der Waals surface area contributed by atoms with Gasteiger partial charge in [0, 0.05) is 9.79 Å². The molecule has 0 radical (unpaired) electrons. The van der Waals surface area contributed by atoms with Gasteiger partial charge in [0.25, 0.3) is 5.56 Å². The molecule has 0 spiro atoms. The monoisotopic (exact) mass is 403 g/mol. The number of thiol groups is 1. The Kier molecular flexibility index (Phi) is 7.93. The second-order valence-corrected chi connectivity index (χ2v) is 7.19. The molecule has 8 heteroatoms. The molecule has 0 aliphatic heterocycles. The number of H-pyrrole nitrogens is 1. The average Bonchev–Trinajstić information content (AvgIpc) is 2.66. The molecule has 2 aromatic carbocycles. The van der Waals surface area contributed by atoms with E-state index in [1.807, 2.05) is 48.5 Å². The molecule has 0 aliphatic rings. The molecule has 0 atom stereocenters. The number of aliphatic hydroxyl groups is 2. The minimum absolute atomic E-state index is 0.00792. The van der Waals surface area contributed by atoms with Gasteiger partial charge in [-0.2, -0.15) is 0 Å². The van der Waals surface area contributed by atoms with Gasteiger partial charge in [-0.05, 0) is 42.3 Å². The van der Waals surface area contributed by atoms with Crippen LogP contribution in [-0.2, 0) is 13.2 Å². The number of aryl methyl sites for hydroxylation is 1. The number of rotatable bonds is 4. The minimum atomic E-state index is -0.240. The molecule has 0 saturated heterocycles. The Bertz CT molecular complexity index is 926. The largest absolute Gasteiger partial charge is 0.392 e. The standard InChI is InChI=1S/C12H13N3O2S.C7H8OS/c1-7-10(11(17)15-12(13)14-7)18-9-4-2-8(6-16)3-5-9;8-5-6-1-3-7(9)4-2-6/h2-5,16H,6H2,1H3,(H3,13,14,15,17);1-4,8-9H,5H2. The van der Waals surface area contributed by atoms with Crippen LogP contribution < -0.4 is 11.3 Å². The molecule has 27 heavy (non-hydrogen) atoms. The van der Waals surface area contributed by atoms with Crippen LogP contribution in [0.5, 0.6) is 0 Å². The van der Waals surface area contributed by atoms with Crippen molar-refractivity contribution in [3.63, 3.8) is 0 Å². The number of nitrogens with zero attached hydrogens (tertiary/aromatic N) is 1. The summed E-state index contributed by atoms with van der Waals surface area (Å²) in [5.41, 5.74) is 7.58. The van der Waals surface area contributed by atoms with E-state index < -0.39 is 0 Å². The van der Waals surface area contributed by atoms with Gasteiger partial charge in [0.2, 0.25) is 5.95 Å². The number of aromatic amines is 1. The van der Waals surface area contributed by atoms with Crippen LogP contribution in [0.1, 0.15) is 16.8 Å². The van der Waals surface area contributed by atoms with Gasteiger partial charge in [0.15, 0.2) is 0 Å². The lowest BCUT2D eigenvalue weighted by Gasteiger charge is -2.05. The molecule has 0 fully saturated rings. The number of anilines is 1. The molecular weight excluding hydrogens is 382 g/mol. The van der Waals surface area contributed by atoms with Gasteiger partial charge in [0.1, 0.15) is 0 Å². The molecule has 5 N–H and O–H groups in total. The summed E-state index contributed by atoms with van der Waals surface area (Å²) >= 11 is 5.41. The van der Waals surface area contributed by atoms with E-state index in [2.05, 4.69) is 22.6 Å². The third-order valence-corrected chi connectivity index (χ3v) is 5.00. The molecule has 0 unspecified atom stereocenters. The Morgan fingerprint density at radius 2 is 1.56 bits per heavy atom. The summed E-state index contributed by atoms with van der Waals surface area (Å²) in [7, 11) is 0. The number of benzene rings is 2. The van der Waals surface area contributed by atoms with Gasteiger partial charge >= 0.3 is 0 Å². The summed E-state index contributed by atoms with van der Waals surface area (Å²) in [6, 6.07) is 14.7. The average molecular weight is 404 g/mol. The second-order valence-electron chi connectivity index (χ2n) is 5.59. The molecule has 1 aromatic heterocycles. The van der Waals surface area contributed by atoms with E-state index in [-0.39, 0.29) is 24.7 Å². The van der Waals surface area contributed by atoms with Gasteiger partial charge in [-0.15, -0.1) is 12.6 Å². The van der Waals surface area contributed by atoms with Crippen LogP contribution in [0.3, 0.4) is 0 Å². The third-order valence-electron chi connectivity index (χ3n) is 3.51. The molecule has 0 aliphatic carbocycles. The van der Waals surface area contributed by atoms with Crippen molar-refractivity contribution < 1.29 is 10.2 Å². The molecule has 3 rings (SSSR count). The van der Waals surface area contributed by atoms with Gasteiger partial charge < -0.3 is 15.9 Å². The summed E-state index contributed by atoms with van der Waals surface area (Å²) in [5.74, 6) is 0.123. The van der Waals surface area contributed by atoms with E-state index in [0.29, 0.717) is 10.6 Å². The van der Waals surface area contributed by atoms with Crippen molar-refractivity contribution in [3.05, 3.63) is 75.7 Å². The Morgan fingerprint density at radius 3 is 2.04 bits per heavy atom. The van der Waals surface area contributed by atoms with Crippen LogP contribution in [-0.4, -0.2) is 20.2 Å². The zero-order chi connectivity index (χ0) is 19.8. The number of aromatic nitrogens is 2. The van der Waals surface area contributed by atoms with Crippen LogP contribution in [0.2, 0.25) is 0 Å². The topological polar surface area (TPSA) is 112 Å². The number of nitrogen functional groups attached to an aromatic ring is 1. The third kappa shape index (κ3) is 6.44. The molecule has 0 bridgehead atoms.